The largest absolute Gasteiger partial charge is 0.456 e. The highest BCUT2D eigenvalue weighted by Gasteiger charge is 2.21. The van der Waals surface area contributed by atoms with E-state index in [0.717, 1.165) is 87.9 Å². The predicted molar refractivity (Wildman–Crippen MR) is 205 cm³/mol. The van der Waals surface area contributed by atoms with Crippen LogP contribution in [-0.2, 0) is 0 Å². The fourth-order valence-electron chi connectivity index (χ4n) is 7.59. The minimum absolute atomic E-state index is 0.536. The van der Waals surface area contributed by atoms with Crippen LogP contribution < -0.4 is 0 Å². The lowest BCUT2D eigenvalue weighted by molar-refractivity contribution is 0.669. The Morgan fingerprint density at radius 1 is 0.392 bits per heavy atom. The summed E-state index contributed by atoms with van der Waals surface area (Å²) in [6, 6.07) is 53.8. The third kappa shape index (κ3) is 4.20. The fourth-order valence-corrected chi connectivity index (χ4v) is 7.59. The van der Waals surface area contributed by atoms with Crippen molar-refractivity contribution in [3.8, 4) is 39.9 Å². The summed E-state index contributed by atoms with van der Waals surface area (Å²) in [5.74, 6) is 1.70. The summed E-state index contributed by atoms with van der Waals surface area (Å²) in [7, 11) is 0. The van der Waals surface area contributed by atoms with E-state index in [4.69, 9.17) is 23.8 Å². The van der Waals surface area contributed by atoms with Gasteiger partial charge in [0.2, 0.25) is 5.95 Å². The first-order chi connectivity index (χ1) is 25.3. The van der Waals surface area contributed by atoms with Crippen LogP contribution in [0.25, 0.3) is 106 Å². The summed E-state index contributed by atoms with van der Waals surface area (Å²) in [5.41, 5.74) is 9.23. The molecule has 0 unspecified atom stereocenters. The van der Waals surface area contributed by atoms with Crippen molar-refractivity contribution in [3.63, 3.8) is 0 Å². The molecule has 0 N–H and O–H groups in total. The van der Waals surface area contributed by atoms with E-state index in [1.54, 1.807) is 0 Å². The van der Waals surface area contributed by atoms with E-state index < -0.39 is 0 Å². The summed E-state index contributed by atoms with van der Waals surface area (Å²) in [5, 5.41) is 6.43. The Bertz CT molecular complexity index is 3150. The van der Waals surface area contributed by atoms with Crippen molar-refractivity contribution >= 4 is 65.7 Å². The molecule has 0 aliphatic carbocycles. The van der Waals surface area contributed by atoms with Crippen LogP contribution in [0.5, 0.6) is 0 Å². The first-order valence-corrected chi connectivity index (χ1v) is 16.9. The minimum Gasteiger partial charge on any atom is -0.456 e. The molecule has 0 saturated carbocycles. The molecule has 7 aromatic carbocycles. The molecule has 0 amide bonds. The SMILES string of the molecule is c1ccc(-c2nc(-c3cccc4oc5ccccc5c34)nc(-n3c4ccccc4c4ccc(-c5cccc6c5oc5ccccc56)cc43)n2)cc1. The maximum atomic E-state index is 6.46. The van der Waals surface area contributed by atoms with E-state index in [-0.39, 0.29) is 0 Å². The third-order valence-electron chi connectivity index (χ3n) is 9.89. The van der Waals surface area contributed by atoms with Crippen molar-refractivity contribution in [1.82, 2.24) is 19.5 Å². The monoisotopic (exact) mass is 654 g/mol. The van der Waals surface area contributed by atoms with Gasteiger partial charge in [-0.25, -0.2) is 4.98 Å². The van der Waals surface area contributed by atoms with Crippen LogP contribution >= 0.6 is 0 Å². The van der Waals surface area contributed by atoms with Crippen LogP contribution in [0.3, 0.4) is 0 Å². The molecule has 238 valence electrons. The molecule has 11 aromatic rings. The van der Waals surface area contributed by atoms with E-state index in [0.29, 0.717) is 17.6 Å². The van der Waals surface area contributed by atoms with Gasteiger partial charge in [0.1, 0.15) is 22.3 Å². The van der Waals surface area contributed by atoms with Crippen molar-refractivity contribution in [2.75, 3.05) is 0 Å². The lowest BCUT2D eigenvalue weighted by Gasteiger charge is -2.12. The Hall–Kier alpha value is -7.05. The Kier molecular flexibility index (Phi) is 5.86. The average molecular weight is 655 g/mol. The molecule has 0 atom stereocenters. The van der Waals surface area contributed by atoms with Gasteiger partial charge in [0.05, 0.1) is 11.0 Å². The summed E-state index contributed by atoms with van der Waals surface area (Å²) in [4.78, 5) is 15.6. The van der Waals surface area contributed by atoms with E-state index in [2.05, 4.69) is 89.5 Å². The summed E-state index contributed by atoms with van der Waals surface area (Å²) in [6.07, 6.45) is 0. The first kappa shape index (κ1) is 27.9. The molecular formula is C45H26N4O2. The van der Waals surface area contributed by atoms with Gasteiger partial charge in [-0.1, -0.05) is 127 Å². The molecule has 0 saturated heterocycles. The molecule has 6 nitrogen and oxygen atoms in total. The zero-order chi connectivity index (χ0) is 33.5. The van der Waals surface area contributed by atoms with Gasteiger partial charge in [-0.3, -0.25) is 4.57 Å². The van der Waals surface area contributed by atoms with E-state index in [1.807, 2.05) is 72.8 Å². The number of aromatic nitrogens is 4. The van der Waals surface area contributed by atoms with Crippen LogP contribution in [0, 0.1) is 0 Å². The fraction of sp³-hybridized carbons (Fsp3) is 0. The zero-order valence-electron chi connectivity index (χ0n) is 27.1. The smallest absolute Gasteiger partial charge is 0.238 e. The lowest BCUT2D eigenvalue weighted by Crippen LogP contribution is -2.06. The van der Waals surface area contributed by atoms with Crippen molar-refractivity contribution in [3.05, 3.63) is 158 Å². The van der Waals surface area contributed by atoms with Crippen LogP contribution in [0.15, 0.2) is 167 Å². The predicted octanol–water partition coefficient (Wildman–Crippen LogP) is 11.8. The van der Waals surface area contributed by atoms with Crippen molar-refractivity contribution in [2.24, 2.45) is 0 Å². The van der Waals surface area contributed by atoms with E-state index in [1.165, 1.54) is 0 Å². The van der Waals surface area contributed by atoms with Crippen LogP contribution in [0.4, 0.5) is 0 Å². The third-order valence-corrected chi connectivity index (χ3v) is 9.89. The van der Waals surface area contributed by atoms with Gasteiger partial charge >= 0.3 is 0 Å². The van der Waals surface area contributed by atoms with Gasteiger partial charge in [-0.2, -0.15) is 9.97 Å². The topological polar surface area (TPSA) is 69.9 Å². The second-order valence-electron chi connectivity index (χ2n) is 12.8. The summed E-state index contributed by atoms with van der Waals surface area (Å²) < 4.78 is 14.9. The molecule has 6 heteroatoms. The standard InChI is InChI=1S/C45H26N4O2/c1-2-12-27(13-3-1)43-46-44(35-19-11-23-40-41(35)34-16-6-9-22-39(34)50-40)48-45(47-43)49-36-20-7-4-14-30(36)31-25-24-28(26-37(31)49)29-17-10-18-33-32-15-5-8-21-38(32)51-42(29)33/h1-26H. The molecule has 4 aromatic heterocycles. The number of fused-ring (bicyclic) bond motifs is 9. The number of benzene rings is 7. The Balaban J connectivity index is 1.20. The van der Waals surface area contributed by atoms with Crippen LogP contribution in [-0.4, -0.2) is 19.5 Å². The molecule has 11 rings (SSSR count). The molecule has 4 heterocycles. The van der Waals surface area contributed by atoms with Gasteiger partial charge in [-0.15, -0.1) is 0 Å². The summed E-state index contributed by atoms with van der Waals surface area (Å²) in [6.45, 7) is 0. The number of nitrogens with zero attached hydrogens (tertiary/aromatic N) is 4. The molecule has 0 aliphatic heterocycles. The van der Waals surface area contributed by atoms with Crippen LogP contribution in [0.1, 0.15) is 0 Å². The molecule has 0 aliphatic rings. The van der Waals surface area contributed by atoms with Gasteiger partial charge in [0.15, 0.2) is 11.6 Å². The van der Waals surface area contributed by atoms with E-state index >= 15 is 0 Å². The van der Waals surface area contributed by atoms with Crippen molar-refractivity contribution in [1.29, 1.82) is 0 Å². The molecule has 0 spiro atoms. The highest BCUT2D eigenvalue weighted by molar-refractivity contribution is 6.14. The summed E-state index contributed by atoms with van der Waals surface area (Å²) >= 11 is 0. The lowest BCUT2D eigenvalue weighted by atomic mass is 10.0. The highest BCUT2D eigenvalue weighted by Crippen LogP contribution is 2.40. The van der Waals surface area contributed by atoms with E-state index in [9.17, 15) is 0 Å². The molecule has 0 bridgehead atoms. The van der Waals surface area contributed by atoms with Gasteiger partial charge in [-0.05, 0) is 35.9 Å². The van der Waals surface area contributed by atoms with Gasteiger partial charge in [0, 0.05) is 49.0 Å². The zero-order valence-corrected chi connectivity index (χ0v) is 27.1. The number of para-hydroxylation sites is 4. The second-order valence-corrected chi connectivity index (χ2v) is 12.8. The molecule has 0 fully saturated rings. The number of hydrogen-bond acceptors (Lipinski definition) is 5. The molecule has 0 radical (unpaired) electrons. The van der Waals surface area contributed by atoms with Crippen LogP contribution in [0.2, 0.25) is 0 Å². The highest BCUT2D eigenvalue weighted by atomic mass is 16.3. The number of furan rings is 2. The Morgan fingerprint density at radius 2 is 1.04 bits per heavy atom. The Labute approximate surface area is 290 Å². The Morgan fingerprint density at radius 3 is 1.92 bits per heavy atom. The average Bonchev–Trinajstić information content (AvgIpc) is 3.87. The first-order valence-electron chi connectivity index (χ1n) is 16.9. The second kappa shape index (κ2) is 10.7. The van der Waals surface area contributed by atoms with Crippen molar-refractivity contribution < 1.29 is 8.83 Å². The minimum atomic E-state index is 0.536. The normalized spacial score (nSPS) is 11.9. The maximum absolute atomic E-state index is 6.46. The molecule has 51 heavy (non-hydrogen) atoms. The van der Waals surface area contributed by atoms with Crippen molar-refractivity contribution in [2.45, 2.75) is 0 Å². The molecular weight excluding hydrogens is 629 g/mol. The maximum Gasteiger partial charge on any atom is 0.238 e. The number of hydrogen-bond donors (Lipinski definition) is 0. The number of rotatable bonds is 4. The van der Waals surface area contributed by atoms with Gasteiger partial charge in [0.25, 0.3) is 0 Å². The van der Waals surface area contributed by atoms with Gasteiger partial charge < -0.3 is 8.83 Å². The quantitative estimate of drug-likeness (QED) is 0.189.